The van der Waals surface area contributed by atoms with E-state index in [4.69, 9.17) is 18.9 Å². The summed E-state index contributed by atoms with van der Waals surface area (Å²) in [4.78, 5) is 0. The van der Waals surface area contributed by atoms with Gasteiger partial charge in [-0.1, -0.05) is 0 Å². The summed E-state index contributed by atoms with van der Waals surface area (Å²) >= 11 is 0. The van der Waals surface area contributed by atoms with E-state index in [0.29, 0.717) is 17.9 Å². The Bertz CT molecular complexity index is 477. The molecule has 1 atom stereocenters. The molecule has 0 aliphatic rings. The molecule has 20 heavy (non-hydrogen) atoms. The summed E-state index contributed by atoms with van der Waals surface area (Å²) in [5, 5.41) is 9.27. The third-order valence-electron chi connectivity index (χ3n) is 3.24. The number of methoxy groups -OCH3 is 4. The maximum Gasteiger partial charge on any atom is 0.172 e. The molecule has 0 aliphatic heterocycles. The molecule has 0 bridgehead atoms. The van der Waals surface area contributed by atoms with Crippen LogP contribution in [0, 0.1) is 24.2 Å². The van der Waals surface area contributed by atoms with Crippen LogP contribution in [0.3, 0.4) is 0 Å². The van der Waals surface area contributed by atoms with E-state index < -0.39 is 6.29 Å². The third-order valence-corrected chi connectivity index (χ3v) is 3.24. The summed E-state index contributed by atoms with van der Waals surface area (Å²) in [6.45, 7) is 1.97. The first-order valence-electron chi connectivity index (χ1n) is 6.27. The zero-order valence-corrected chi connectivity index (χ0v) is 12.6. The van der Waals surface area contributed by atoms with Gasteiger partial charge in [0.15, 0.2) is 17.8 Å². The first-order chi connectivity index (χ1) is 9.60. The number of hydrogen-bond acceptors (Lipinski definition) is 5. The zero-order valence-electron chi connectivity index (χ0n) is 12.6. The standard InChI is InChI=1S/C15H21NO4/c1-10-6-13(17-2)14(18-3)8-11(10)7-12(9-16)15(19-4)20-5/h6,8,12,15H,7H2,1-5H3/t12-/m0/s1. The molecule has 5 nitrogen and oxygen atoms in total. The van der Waals surface area contributed by atoms with Crippen LogP contribution < -0.4 is 9.47 Å². The lowest BCUT2D eigenvalue weighted by atomic mass is 9.96. The molecule has 0 N–H and O–H groups in total. The Kier molecular flexibility index (Phi) is 6.29. The van der Waals surface area contributed by atoms with E-state index in [1.165, 1.54) is 14.2 Å². The topological polar surface area (TPSA) is 60.7 Å². The van der Waals surface area contributed by atoms with Gasteiger partial charge in [-0.25, -0.2) is 0 Å². The van der Waals surface area contributed by atoms with Crippen LogP contribution in [-0.4, -0.2) is 34.7 Å². The first kappa shape index (κ1) is 16.3. The molecular formula is C15H21NO4. The average molecular weight is 279 g/mol. The molecule has 110 valence electrons. The van der Waals surface area contributed by atoms with E-state index in [1.54, 1.807) is 14.2 Å². The summed E-state index contributed by atoms with van der Waals surface area (Å²) in [5.41, 5.74) is 2.04. The minimum Gasteiger partial charge on any atom is -0.493 e. The van der Waals surface area contributed by atoms with E-state index in [0.717, 1.165) is 11.1 Å². The van der Waals surface area contributed by atoms with Gasteiger partial charge < -0.3 is 18.9 Å². The van der Waals surface area contributed by atoms with Gasteiger partial charge in [0.05, 0.1) is 20.3 Å². The van der Waals surface area contributed by atoms with E-state index in [1.807, 2.05) is 19.1 Å². The van der Waals surface area contributed by atoms with Crippen molar-refractivity contribution in [3.8, 4) is 17.6 Å². The Morgan fingerprint density at radius 3 is 2.05 bits per heavy atom. The third kappa shape index (κ3) is 3.62. The van der Waals surface area contributed by atoms with Gasteiger partial charge in [0.2, 0.25) is 0 Å². The van der Waals surface area contributed by atoms with Crippen molar-refractivity contribution in [3.63, 3.8) is 0 Å². The Morgan fingerprint density at radius 1 is 1.05 bits per heavy atom. The molecule has 1 rings (SSSR count). The van der Waals surface area contributed by atoms with E-state index in [2.05, 4.69) is 6.07 Å². The molecule has 0 saturated heterocycles. The Balaban J connectivity index is 3.05. The van der Waals surface area contributed by atoms with Crippen LogP contribution >= 0.6 is 0 Å². The lowest BCUT2D eigenvalue weighted by Gasteiger charge is -2.20. The van der Waals surface area contributed by atoms with Crippen LogP contribution in [0.5, 0.6) is 11.5 Å². The predicted molar refractivity (Wildman–Crippen MR) is 74.9 cm³/mol. The van der Waals surface area contributed by atoms with Gasteiger partial charge in [-0.15, -0.1) is 0 Å². The van der Waals surface area contributed by atoms with Crippen LogP contribution in [0.4, 0.5) is 0 Å². The highest BCUT2D eigenvalue weighted by Gasteiger charge is 2.22. The molecule has 0 amide bonds. The molecule has 0 saturated carbocycles. The molecular weight excluding hydrogens is 258 g/mol. The molecule has 1 aromatic rings. The van der Waals surface area contributed by atoms with Crippen LogP contribution in [0.1, 0.15) is 11.1 Å². The van der Waals surface area contributed by atoms with Crippen molar-refractivity contribution in [3.05, 3.63) is 23.3 Å². The number of nitrogens with zero attached hydrogens (tertiary/aromatic N) is 1. The van der Waals surface area contributed by atoms with Crippen molar-refractivity contribution in [2.75, 3.05) is 28.4 Å². The monoisotopic (exact) mass is 279 g/mol. The Labute approximate surface area is 120 Å². The van der Waals surface area contributed by atoms with Gasteiger partial charge in [-0.2, -0.15) is 5.26 Å². The zero-order chi connectivity index (χ0) is 15.1. The Morgan fingerprint density at radius 2 is 1.60 bits per heavy atom. The second kappa shape index (κ2) is 7.73. The van der Waals surface area contributed by atoms with Crippen molar-refractivity contribution in [2.45, 2.75) is 19.6 Å². The lowest BCUT2D eigenvalue weighted by molar-refractivity contribution is -0.124. The molecule has 0 fully saturated rings. The molecule has 0 radical (unpaired) electrons. The molecule has 1 aromatic carbocycles. The summed E-state index contributed by atoms with van der Waals surface area (Å²) < 4.78 is 20.9. The van der Waals surface area contributed by atoms with Gasteiger partial charge in [0, 0.05) is 14.2 Å². The van der Waals surface area contributed by atoms with E-state index >= 15 is 0 Å². The van der Waals surface area contributed by atoms with Gasteiger partial charge >= 0.3 is 0 Å². The summed E-state index contributed by atoms with van der Waals surface area (Å²) in [6, 6.07) is 6.01. The fraction of sp³-hybridized carbons (Fsp3) is 0.533. The summed E-state index contributed by atoms with van der Waals surface area (Å²) in [7, 11) is 6.24. The van der Waals surface area contributed by atoms with Gasteiger partial charge in [0.25, 0.3) is 0 Å². The minimum absolute atomic E-state index is 0.387. The largest absolute Gasteiger partial charge is 0.493 e. The highest BCUT2D eigenvalue weighted by Crippen LogP contribution is 2.31. The minimum atomic E-state index is -0.549. The van der Waals surface area contributed by atoms with Crippen LogP contribution in [0.2, 0.25) is 0 Å². The number of benzene rings is 1. The number of rotatable bonds is 7. The molecule has 0 unspecified atom stereocenters. The van der Waals surface area contributed by atoms with Crippen LogP contribution in [0.25, 0.3) is 0 Å². The smallest absolute Gasteiger partial charge is 0.172 e. The van der Waals surface area contributed by atoms with E-state index in [9.17, 15) is 5.26 Å². The van der Waals surface area contributed by atoms with Crippen molar-refractivity contribution in [1.82, 2.24) is 0 Å². The molecule has 0 heterocycles. The van der Waals surface area contributed by atoms with Gasteiger partial charge in [-0.05, 0) is 36.6 Å². The normalized spacial score (nSPS) is 12.1. The quantitative estimate of drug-likeness (QED) is 0.717. The maximum atomic E-state index is 9.27. The summed E-state index contributed by atoms with van der Waals surface area (Å²) in [5.74, 6) is 0.940. The predicted octanol–water partition coefficient (Wildman–Crippen LogP) is 2.31. The highest BCUT2D eigenvalue weighted by molar-refractivity contribution is 5.47. The van der Waals surface area contributed by atoms with Crippen molar-refractivity contribution >= 4 is 0 Å². The second-order valence-electron chi connectivity index (χ2n) is 4.41. The summed E-state index contributed by atoms with van der Waals surface area (Å²) in [6.07, 6.45) is -0.0258. The number of aryl methyl sites for hydroxylation is 1. The second-order valence-corrected chi connectivity index (χ2v) is 4.41. The highest BCUT2D eigenvalue weighted by atomic mass is 16.7. The van der Waals surface area contributed by atoms with Gasteiger partial charge in [-0.3, -0.25) is 0 Å². The van der Waals surface area contributed by atoms with Crippen LogP contribution in [0.15, 0.2) is 12.1 Å². The lowest BCUT2D eigenvalue weighted by Crippen LogP contribution is -2.25. The average Bonchev–Trinajstić information content (AvgIpc) is 2.48. The molecule has 0 aromatic heterocycles. The van der Waals surface area contributed by atoms with Gasteiger partial charge in [0.1, 0.15) is 5.92 Å². The fourth-order valence-electron chi connectivity index (χ4n) is 2.11. The van der Waals surface area contributed by atoms with Crippen molar-refractivity contribution in [1.29, 1.82) is 5.26 Å². The number of ether oxygens (including phenoxy) is 4. The Hall–Kier alpha value is -1.77. The molecule has 0 spiro atoms. The maximum absolute atomic E-state index is 9.27. The molecule has 0 aliphatic carbocycles. The van der Waals surface area contributed by atoms with Crippen molar-refractivity contribution < 1.29 is 18.9 Å². The van der Waals surface area contributed by atoms with Crippen molar-refractivity contribution in [2.24, 2.45) is 5.92 Å². The SMILES string of the molecule is COc1cc(C)c(C[C@@H](C#N)C(OC)OC)cc1OC. The molecule has 5 heteroatoms. The van der Waals surface area contributed by atoms with E-state index in [-0.39, 0.29) is 5.92 Å². The van der Waals surface area contributed by atoms with Crippen LogP contribution in [-0.2, 0) is 15.9 Å². The number of nitriles is 1. The first-order valence-corrected chi connectivity index (χ1v) is 6.27. The number of hydrogen-bond donors (Lipinski definition) is 0. The fourth-order valence-corrected chi connectivity index (χ4v) is 2.11.